The topological polar surface area (TPSA) is 28.2 Å². The zero-order chi connectivity index (χ0) is 14.5. The Morgan fingerprint density at radius 2 is 1.90 bits per heavy atom. The Hall–Kier alpha value is -1.94. The molecule has 1 atom stereocenters. The number of benzene rings is 1. The second kappa shape index (κ2) is 6.68. The quantitative estimate of drug-likeness (QED) is 0.911. The number of likely N-dealkylation sites (tertiary alicyclic amines) is 1. The van der Waals surface area contributed by atoms with Gasteiger partial charge in [-0.3, -0.25) is 9.88 Å². The molecule has 2 aromatic rings. The Labute approximate surface area is 124 Å². The van der Waals surface area contributed by atoms with Crippen LogP contribution in [0.2, 0.25) is 0 Å². The molecule has 1 aliphatic rings. The Morgan fingerprint density at radius 1 is 1.14 bits per heavy atom. The molecule has 110 valence electrons. The van der Waals surface area contributed by atoms with E-state index in [-0.39, 0.29) is 11.9 Å². The van der Waals surface area contributed by atoms with E-state index in [0.717, 1.165) is 30.9 Å². The molecule has 2 heterocycles. The van der Waals surface area contributed by atoms with Crippen LogP contribution < -0.4 is 5.32 Å². The summed E-state index contributed by atoms with van der Waals surface area (Å²) in [6.45, 7) is 3.02. The molecule has 21 heavy (non-hydrogen) atoms. The number of pyridine rings is 1. The van der Waals surface area contributed by atoms with Gasteiger partial charge in [-0.05, 0) is 55.8 Å². The van der Waals surface area contributed by atoms with E-state index in [2.05, 4.69) is 15.2 Å². The second-order valence-electron chi connectivity index (χ2n) is 5.43. The predicted molar refractivity (Wildman–Crippen MR) is 82.7 cm³/mol. The molecule has 1 fully saturated rings. The molecule has 3 nitrogen and oxygen atoms in total. The first-order valence-corrected chi connectivity index (χ1v) is 7.46. The average Bonchev–Trinajstić information content (AvgIpc) is 3.04. The van der Waals surface area contributed by atoms with Crippen LogP contribution in [0.5, 0.6) is 0 Å². The molecule has 1 N–H and O–H groups in total. The van der Waals surface area contributed by atoms with E-state index in [9.17, 15) is 4.39 Å². The molecule has 4 heteroatoms. The van der Waals surface area contributed by atoms with E-state index < -0.39 is 0 Å². The Balaban J connectivity index is 1.74. The summed E-state index contributed by atoms with van der Waals surface area (Å²) in [6, 6.07) is 11.1. The monoisotopic (exact) mass is 285 g/mol. The number of hydrogen-bond acceptors (Lipinski definition) is 3. The summed E-state index contributed by atoms with van der Waals surface area (Å²) < 4.78 is 13.1. The highest BCUT2D eigenvalue weighted by Gasteiger charge is 2.23. The highest BCUT2D eigenvalue weighted by molar-refractivity contribution is 5.40. The van der Waals surface area contributed by atoms with Crippen LogP contribution in [-0.4, -0.2) is 29.5 Å². The van der Waals surface area contributed by atoms with E-state index >= 15 is 0 Å². The van der Waals surface area contributed by atoms with Gasteiger partial charge in [-0.2, -0.15) is 0 Å². The first kappa shape index (κ1) is 14.0. The largest absolute Gasteiger partial charge is 0.382 e. The van der Waals surface area contributed by atoms with Gasteiger partial charge in [-0.15, -0.1) is 0 Å². The molecule has 0 spiro atoms. The number of anilines is 1. The molecular formula is C17H20FN3. The molecule has 1 saturated heterocycles. The van der Waals surface area contributed by atoms with Gasteiger partial charge in [0.2, 0.25) is 0 Å². The van der Waals surface area contributed by atoms with E-state index in [0.29, 0.717) is 0 Å². The van der Waals surface area contributed by atoms with Crippen LogP contribution in [0.1, 0.15) is 24.4 Å². The maximum atomic E-state index is 13.1. The summed E-state index contributed by atoms with van der Waals surface area (Å²) in [4.78, 5) is 6.59. The van der Waals surface area contributed by atoms with Crippen LogP contribution in [0, 0.1) is 5.82 Å². The maximum Gasteiger partial charge on any atom is 0.123 e. The minimum atomic E-state index is -0.181. The lowest BCUT2D eigenvalue weighted by atomic mass is 10.1. The van der Waals surface area contributed by atoms with Gasteiger partial charge in [0.05, 0.1) is 11.7 Å². The third-order valence-electron chi connectivity index (χ3n) is 4.00. The van der Waals surface area contributed by atoms with Crippen LogP contribution >= 0.6 is 0 Å². The molecule has 1 unspecified atom stereocenters. The second-order valence-corrected chi connectivity index (χ2v) is 5.43. The Morgan fingerprint density at radius 3 is 2.57 bits per heavy atom. The van der Waals surface area contributed by atoms with Crippen LogP contribution in [0.15, 0.2) is 48.8 Å². The number of halogens is 1. The molecule has 3 rings (SSSR count). The number of aromatic nitrogens is 1. The van der Waals surface area contributed by atoms with Crippen LogP contribution in [0.4, 0.5) is 10.1 Å². The van der Waals surface area contributed by atoms with E-state index in [1.807, 2.05) is 30.5 Å². The summed E-state index contributed by atoms with van der Waals surface area (Å²) >= 11 is 0. The predicted octanol–water partition coefficient (Wildman–Crippen LogP) is 3.47. The Bertz CT molecular complexity index is 550. The lowest BCUT2D eigenvalue weighted by molar-refractivity contribution is 0.256. The number of nitrogens with one attached hydrogen (secondary N) is 1. The molecule has 0 aliphatic carbocycles. The fraction of sp³-hybridized carbons (Fsp3) is 0.353. The average molecular weight is 285 g/mol. The van der Waals surface area contributed by atoms with E-state index in [4.69, 9.17) is 0 Å². The van der Waals surface area contributed by atoms with Gasteiger partial charge in [-0.25, -0.2) is 4.39 Å². The highest BCUT2D eigenvalue weighted by atomic mass is 19.1. The highest BCUT2D eigenvalue weighted by Crippen LogP contribution is 2.25. The normalized spacial score (nSPS) is 16.8. The third kappa shape index (κ3) is 3.58. The summed E-state index contributed by atoms with van der Waals surface area (Å²) in [7, 11) is 0. The van der Waals surface area contributed by atoms with Gasteiger partial charge in [0.15, 0.2) is 0 Å². The van der Waals surface area contributed by atoms with Gasteiger partial charge in [-0.1, -0.05) is 12.1 Å². The van der Waals surface area contributed by atoms with Crippen molar-refractivity contribution in [3.05, 3.63) is 60.2 Å². The van der Waals surface area contributed by atoms with Crippen LogP contribution in [0.25, 0.3) is 0 Å². The van der Waals surface area contributed by atoms with Gasteiger partial charge in [0.1, 0.15) is 5.82 Å². The van der Waals surface area contributed by atoms with Gasteiger partial charge < -0.3 is 5.32 Å². The SMILES string of the molecule is Fc1ccc(C(CNc2cccnc2)N2CCCC2)cc1. The zero-order valence-corrected chi connectivity index (χ0v) is 12.0. The third-order valence-corrected chi connectivity index (χ3v) is 4.00. The van der Waals surface area contributed by atoms with Gasteiger partial charge in [0, 0.05) is 18.9 Å². The molecule has 0 saturated carbocycles. The van der Waals surface area contributed by atoms with Crippen LogP contribution in [0.3, 0.4) is 0 Å². The smallest absolute Gasteiger partial charge is 0.123 e. The molecule has 0 radical (unpaired) electrons. The fourth-order valence-corrected chi connectivity index (χ4v) is 2.88. The van der Waals surface area contributed by atoms with Crippen molar-refractivity contribution in [3.63, 3.8) is 0 Å². The number of rotatable bonds is 5. The summed E-state index contributed by atoms with van der Waals surface area (Å²) in [5.41, 5.74) is 2.18. The molecular weight excluding hydrogens is 265 g/mol. The fourth-order valence-electron chi connectivity index (χ4n) is 2.88. The number of hydrogen-bond donors (Lipinski definition) is 1. The van der Waals surface area contributed by atoms with Crippen molar-refractivity contribution in [2.45, 2.75) is 18.9 Å². The van der Waals surface area contributed by atoms with Gasteiger partial charge >= 0.3 is 0 Å². The molecule has 1 aromatic carbocycles. The summed E-state index contributed by atoms with van der Waals surface area (Å²) in [6.07, 6.45) is 6.07. The lowest BCUT2D eigenvalue weighted by Crippen LogP contribution is -2.31. The molecule has 1 aromatic heterocycles. The van der Waals surface area contributed by atoms with Crippen molar-refractivity contribution in [3.8, 4) is 0 Å². The lowest BCUT2D eigenvalue weighted by Gasteiger charge is -2.28. The Kier molecular flexibility index (Phi) is 4.46. The van der Waals surface area contributed by atoms with Crippen molar-refractivity contribution in [1.29, 1.82) is 0 Å². The molecule has 0 amide bonds. The molecule has 1 aliphatic heterocycles. The minimum Gasteiger partial charge on any atom is -0.382 e. The van der Waals surface area contributed by atoms with Crippen molar-refractivity contribution >= 4 is 5.69 Å². The van der Waals surface area contributed by atoms with Crippen LogP contribution in [-0.2, 0) is 0 Å². The van der Waals surface area contributed by atoms with Crippen molar-refractivity contribution < 1.29 is 4.39 Å². The summed E-state index contributed by atoms with van der Waals surface area (Å²) in [5.74, 6) is -0.181. The standard InChI is InChI=1S/C17H20FN3/c18-15-7-5-14(6-8-15)17(21-10-1-2-11-21)13-20-16-4-3-9-19-12-16/h3-9,12,17,20H,1-2,10-11,13H2. The number of nitrogens with zero attached hydrogens (tertiary/aromatic N) is 2. The van der Waals surface area contributed by atoms with Crippen molar-refractivity contribution in [1.82, 2.24) is 9.88 Å². The van der Waals surface area contributed by atoms with Crippen molar-refractivity contribution in [2.24, 2.45) is 0 Å². The van der Waals surface area contributed by atoms with Gasteiger partial charge in [0.25, 0.3) is 0 Å². The zero-order valence-electron chi connectivity index (χ0n) is 12.0. The molecule has 0 bridgehead atoms. The van der Waals surface area contributed by atoms with E-state index in [1.165, 1.54) is 12.8 Å². The van der Waals surface area contributed by atoms with E-state index in [1.54, 1.807) is 18.3 Å². The first-order valence-electron chi connectivity index (χ1n) is 7.46. The van der Waals surface area contributed by atoms with Crippen molar-refractivity contribution in [2.75, 3.05) is 25.0 Å². The summed E-state index contributed by atoms with van der Waals surface area (Å²) in [5, 5.41) is 3.44. The minimum absolute atomic E-state index is 0.181. The first-order chi connectivity index (χ1) is 10.3. The maximum absolute atomic E-state index is 13.1.